The first kappa shape index (κ1) is 20.1. The quantitative estimate of drug-likeness (QED) is 0.748. The molecule has 0 radical (unpaired) electrons. The minimum absolute atomic E-state index is 0.0694. The zero-order chi connectivity index (χ0) is 20.3. The molecule has 0 saturated heterocycles. The molecule has 0 bridgehead atoms. The van der Waals surface area contributed by atoms with Crippen molar-refractivity contribution in [2.45, 2.75) is 12.6 Å². The maximum atomic E-state index is 13.2. The Labute approximate surface area is 167 Å². The Balaban J connectivity index is 1.90. The molecule has 1 N–H and O–H groups in total. The summed E-state index contributed by atoms with van der Waals surface area (Å²) < 4.78 is 18.2. The van der Waals surface area contributed by atoms with Gasteiger partial charge in [-0.2, -0.15) is 0 Å². The summed E-state index contributed by atoms with van der Waals surface area (Å²) in [6.07, 6.45) is 0. The molecule has 0 fully saturated rings. The normalized spacial score (nSPS) is 18.8. The zero-order valence-corrected chi connectivity index (χ0v) is 16.4. The van der Waals surface area contributed by atoms with Crippen LogP contribution in [0.25, 0.3) is 0 Å². The predicted molar refractivity (Wildman–Crippen MR) is 107 cm³/mol. The predicted octanol–water partition coefficient (Wildman–Crippen LogP) is 3.09. The number of carbonyl (C=O) groups is 1. The average molecular weight is 406 g/mol. The van der Waals surface area contributed by atoms with Crippen molar-refractivity contribution in [1.82, 2.24) is 0 Å². The van der Waals surface area contributed by atoms with Gasteiger partial charge in [0.05, 0.1) is 19.7 Å². The van der Waals surface area contributed by atoms with Gasteiger partial charge in [-0.3, -0.25) is 0 Å². The molecule has 0 aliphatic carbocycles. The summed E-state index contributed by atoms with van der Waals surface area (Å²) in [5, 5.41) is 11.3. The third-order valence-corrected chi connectivity index (χ3v) is 4.64. The molecular weight excluding hydrogens is 385 g/mol. The molecule has 0 saturated carbocycles. The van der Waals surface area contributed by atoms with E-state index in [2.05, 4.69) is 4.99 Å². The van der Waals surface area contributed by atoms with Crippen molar-refractivity contribution in [2.24, 2.45) is 4.99 Å². The summed E-state index contributed by atoms with van der Waals surface area (Å²) in [6, 6.07) is 13.0. The van der Waals surface area contributed by atoms with Crippen LogP contribution < -0.4 is 9.80 Å². The molecule has 6 nitrogen and oxygen atoms in total. The zero-order valence-electron chi connectivity index (χ0n) is 15.6. The lowest BCUT2D eigenvalue weighted by molar-refractivity contribution is -0.162. The molecule has 1 atom stereocenters. The number of rotatable bonds is 6. The van der Waals surface area contributed by atoms with Crippen LogP contribution in [0.15, 0.2) is 53.5 Å². The average Bonchev–Trinajstić information content (AvgIpc) is 3.01. The minimum Gasteiger partial charge on any atom is -0.462 e. The number of anilines is 2. The van der Waals surface area contributed by atoms with E-state index in [-0.39, 0.29) is 25.5 Å². The Morgan fingerprint density at radius 1 is 1.29 bits per heavy atom. The van der Waals surface area contributed by atoms with Gasteiger partial charge in [-0.25, -0.2) is 14.2 Å². The topological polar surface area (TPSA) is 65.4 Å². The molecule has 1 unspecified atom stereocenters. The minimum atomic E-state index is -1.99. The van der Waals surface area contributed by atoms with Crippen LogP contribution in [-0.4, -0.2) is 49.4 Å². The molecule has 3 rings (SSSR count). The van der Waals surface area contributed by atoms with Crippen LogP contribution in [0.5, 0.6) is 0 Å². The SMILES string of the molecule is CCOC(=O)C1(O)CN(c2ccc(Cl)cc2)C(CN(C)c2ccc(F)cc2)=N1. The number of aliphatic hydroxyl groups is 1. The molecule has 2 aromatic carbocycles. The molecule has 148 valence electrons. The first-order valence-electron chi connectivity index (χ1n) is 8.80. The van der Waals surface area contributed by atoms with Gasteiger partial charge in [0.1, 0.15) is 11.7 Å². The number of hydrogen-bond acceptors (Lipinski definition) is 6. The van der Waals surface area contributed by atoms with Gasteiger partial charge in [0.15, 0.2) is 0 Å². The van der Waals surface area contributed by atoms with Crippen molar-refractivity contribution in [3.05, 3.63) is 59.4 Å². The van der Waals surface area contributed by atoms with Gasteiger partial charge in [-0.05, 0) is 55.5 Å². The molecular formula is C20H21ClFN3O3. The lowest BCUT2D eigenvalue weighted by Crippen LogP contribution is -2.44. The summed E-state index contributed by atoms with van der Waals surface area (Å²) in [5.74, 6) is -0.645. The third-order valence-electron chi connectivity index (χ3n) is 4.39. The van der Waals surface area contributed by atoms with Gasteiger partial charge in [-0.1, -0.05) is 11.6 Å². The van der Waals surface area contributed by atoms with Crippen molar-refractivity contribution >= 4 is 34.8 Å². The Morgan fingerprint density at radius 2 is 1.93 bits per heavy atom. The fourth-order valence-corrected chi connectivity index (χ4v) is 3.08. The van der Waals surface area contributed by atoms with Gasteiger partial charge >= 0.3 is 5.97 Å². The van der Waals surface area contributed by atoms with Crippen molar-refractivity contribution in [3.8, 4) is 0 Å². The summed E-state index contributed by atoms with van der Waals surface area (Å²) in [5.41, 5.74) is -0.489. The van der Waals surface area contributed by atoms with E-state index in [0.29, 0.717) is 10.9 Å². The second kappa shape index (κ2) is 8.16. The number of esters is 1. The van der Waals surface area contributed by atoms with Crippen LogP contribution in [0, 0.1) is 5.82 Å². The first-order valence-corrected chi connectivity index (χ1v) is 9.18. The Kier molecular flexibility index (Phi) is 5.86. The van der Waals surface area contributed by atoms with E-state index in [1.807, 2.05) is 11.9 Å². The van der Waals surface area contributed by atoms with E-state index in [9.17, 15) is 14.3 Å². The number of ether oxygens (including phenoxy) is 1. The van der Waals surface area contributed by atoms with Gasteiger partial charge in [0, 0.05) is 23.4 Å². The van der Waals surface area contributed by atoms with Crippen LogP contribution in [0.4, 0.5) is 15.8 Å². The number of benzene rings is 2. The van der Waals surface area contributed by atoms with Crippen LogP contribution in [0.1, 0.15) is 6.92 Å². The van der Waals surface area contributed by atoms with Gasteiger partial charge in [-0.15, -0.1) is 0 Å². The smallest absolute Gasteiger partial charge is 0.363 e. The van der Waals surface area contributed by atoms with E-state index in [0.717, 1.165) is 11.4 Å². The molecule has 8 heteroatoms. The number of amidine groups is 1. The van der Waals surface area contributed by atoms with E-state index in [1.54, 1.807) is 48.2 Å². The molecule has 0 aromatic heterocycles. The second-order valence-corrected chi connectivity index (χ2v) is 6.90. The fraction of sp³-hybridized carbons (Fsp3) is 0.300. The largest absolute Gasteiger partial charge is 0.462 e. The van der Waals surface area contributed by atoms with E-state index >= 15 is 0 Å². The Hall–Kier alpha value is -2.64. The van der Waals surface area contributed by atoms with Crippen LogP contribution in [-0.2, 0) is 9.53 Å². The summed E-state index contributed by atoms with van der Waals surface area (Å²) in [4.78, 5) is 20.1. The number of hydrogen-bond donors (Lipinski definition) is 1. The second-order valence-electron chi connectivity index (χ2n) is 6.46. The van der Waals surface area contributed by atoms with E-state index < -0.39 is 11.7 Å². The maximum absolute atomic E-state index is 13.2. The van der Waals surface area contributed by atoms with Crippen molar-refractivity contribution in [1.29, 1.82) is 0 Å². The molecule has 1 aliphatic heterocycles. The number of carbonyl (C=O) groups excluding carboxylic acids is 1. The number of likely N-dealkylation sites (N-methyl/N-ethyl adjacent to an activating group) is 1. The van der Waals surface area contributed by atoms with Crippen molar-refractivity contribution in [3.63, 3.8) is 0 Å². The highest BCUT2D eigenvalue weighted by Crippen LogP contribution is 2.28. The van der Waals surface area contributed by atoms with Crippen molar-refractivity contribution in [2.75, 3.05) is 36.5 Å². The highest BCUT2D eigenvalue weighted by Gasteiger charge is 2.46. The molecule has 2 aromatic rings. The highest BCUT2D eigenvalue weighted by molar-refractivity contribution is 6.30. The molecule has 28 heavy (non-hydrogen) atoms. The fourth-order valence-electron chi connectivity index (χ4n) is 2.96. The van der Waals surface area contributed by atoms with Crippen LogP contribution in [0.2, 0.25) is 5.02 Å². The van der Waals surface area contributed by atoms with Crippen LogP contribution >= 0.6 is 11.6 Å². The maximum Gasteiger partial charge on any atom is 0.363 e. The number of β-amino-alcohol motifs (C(OH)–C–C–N with tert-alkyl or cyclic N) is 1. The van der Waals surface area contributed by atoms with Gasteiger partial charge in [0.2, 0.25) is 0 Å². The van der Waals surface area contributed by atoms with Gasteiger partial charge in [0.25, 0.3) is 5.72 Å². The monoisotopic (exact) mass is 405 g/mol. The Bertz CT molecular complexity index is 873. The Morgan fingerprint density at radius 3 is 2.54 bits per heavy atom. The summed E-state index contributed by atoms with van der Waals surface area (Å²) >= 11 is 5.97. The summed E-state index contributed by atoms with van der Waals surface area (Å²) in [7, 11) is 1.82. The number of aliphatic imine (C=N–C) groups is 1. The van der Waals surface area contributed by atoms with E-state index in [4.69, 9.17) is 16.3 Å². The highest BCUT2D eigenvalue weighted by atomic mass is 35.5. The number of halogens is 2. The molecule has 1 aliphatic rings. The first-order chi connectivity index (χ1) is 13.3. The molecule has 0 spiro atoms. The van der Waals surface area contributed by atoms with Gasteiger partial charge < -0.3 is 19.6 Å². The molecule has 0 amide bonds. The number of nitrogens with zero attached hydrogens (tertiary/aromatic N) is 3. The summed E-state index contributed by atoms with van der Waals surface area (Å²) in [6.45, 7) is 2.03. The lowest BCUT2D eigenvalue weighted by atomic mass is 10.2. The van der Waals surface area contributed by atoms with Crippen LogP contribution in [0.3, 0.4) is 0 Å². The lowest BCUT2D eigenvalue weighted by Gasteiger charge is -2.26. The standard InChI is InChI=1S/C20H21ClFN3O3/c1-3-28-19(26)20(27)13-25(17-8-4-14(21)5-9-17)18(23-20)12-24(2)16-10-6-15(22)7-11-16/h4-11,27H,3,12-13H2,1-2H3. The van der Waals surface area contributed by atoms with E-state index in [1.165, 1.54) is 12.1 Å². The molecule has 1 heterocycles. The third kappa shape index (κ3) is 4.26. The van der Waals surface area contributed by atoms with Crippen molar-refractivity contribution < 1.29 is 19.0 Å².